The molecule has 0 bridgehead atoms. The van der Waals surface area contributed by atoms with Crippen molar-refractivity contribution < 1.29 is 4.42 Å². The molecule has 0 radical (unpaired) electrons. The van der Waals surface area contributed by atoms with Crippen LogP contribution in [-0.4, -0.2) is 5.88 Å². The van der Waals surface area contributed by atoms with Gasteiger partial charge >= 0.3 is 0 Å². The topological polar surface area (TPSA) is 13.1 Å². The largest absolute Gasteiger partial charge is 0.453 e. The van der Waals surface area contributed by atoms with Gasteiger partial charge in [0.15, 0.2) is 4.67 Å². The maximum absolute atomic E-state index is 5.51. The van der Waals surface area contributed by atoms with Gasteiger partial charge < -0.3 is 4.42 Å². The van der Waals surface area contributed by atoms with Crippen LogP contribution >= 0.6 is 43.5 Å². The summed E-state index contributed by atoms with van der Waals surface area (Å²) in [6.07, 6.45) is 0.770. The van der Waals surface area contributed by atoms with E-state index in [1.807, 2.05) is 6.07 Å². The van der Waals surface area contributed by atoms with Crippen LogP contribution in [0.2, 0.25) is 0 Å². The van der Waals surface area contributed by atoms with Gasteiger partial charge in [-0.2, -0.15) is 0 Å². The van der Waals surface area contributed by atoms with E-state index >= 15 is 0 Å². The highest BCUT2D eigenvalue weighted by Gasteiger charge is 2.03. The molecule has 0 aliphatic heterocycles. The summed E-state index contributed by atoms with van der Waals surface area (Å²) in [4.78, 5) is 0. The maximum atomic E-state index is 5.51. The van der Waals surface area contributed by atoms with Crippen LogP contribution in [0, 0.1) is 0 Å². The Morgan fingerprint density at radius 1 is 1.50 bits per heavy atom. The van der Waals surface area contributed by atoms with Gasteiger partial charge in [-0.05, 0) is 37.9 Å². The first kappa shape index (κ1) is 8.62. The number of hydrogen-bond acceptors (Lipinski definition) is 1. The van der Waals surface area contributed by atoms with Crippen molar-refractivity contribution in [1.82, 2.24) is 0 Å². The lowest BCUT2D eigenvalue weighted by Crippen LogP contribution is -1.79. The number of aryl methyl sites for hydroxylation is 1. The molecular formula is C6H5Br2ClO. The monoisotopic (exact) mass is 286 g/mol. The highest BCUT2D eigenvalue weighted by molar-refractivity contribution is 9.13. The maximum Gasteiger partial charge on any atom is 0.183 e. The van der Waals surface area contributed by atoms with Gasteiger partial charge in [0.2, 0.25) is 0 Å². The highest BCUT2D eigenvalue weighted by Crippen LogP contribution is 2.26. The minimum atomic E-state index is 0.590. The summed E-state index contributed by atoms with van der Waals surface area (Å²) in [5.41, 5.74) is 0. The van der Waals surface area contributed by atoms with Crippen molar-refractivity contribution in [3.63, 3.8) is 0 Å². The van der Waals surface area contributed by atoms with E-state index in [9.17, 15) is 0 Å². The third-order valence-corrected chi connectivity index (χ3v) is 2.94. The molecule has 1 nitrogen and oxygen atoms in total. The van der Waals surface area contributed by atoms with Crippen molar-refractivity contribution in [3.05, 3.63) is 21.0 Å². The first-order chi connectivity index (χ1) is 4.74. The third-order valence-electron chi connectivity index (χ3n) is 1.04. The normalized spacial score (nSPS) is 10.3. The summed E-state index contributed by atoms with van der Waals surface area (Å²) in [7, 11) is 0. The van der Waals surface area contributed by atoms with Crippen LogP contribution < -0.4 is 0 Å². The zero-order valence-corrected chi connectivity index (χ0v) is 8.96. The number of rotatable bonds is 2. The molecule has 0 amide bonds. The molecular weight excluding hydrogens is 283 g/mol. The molecule has 1 rings (SSSR count). The smallest absolute Gasteiger partial charge is 0.183 e. The van der Waals surface area contributed by atoms with Crippen LogP contribution in [0.1, 0.15) is 5.76 Å². The first-order valence-electron chi connectivity index (χ1n) is 2.73. The fourth-order valence-corrected chi connectivity index (χ4v) is 1.45. The molecule has 10 heavy (non-hydrogen) atoms. The fraction of sp³-hybridized carbons (Fsp3) is 0.333. The minimum Gasteiger partial charge on any atom is -0.453 e. The molecule has 0 aromatic carbocycles. The number of furan rings is 1. The Morgan fingerprint density at radius 3 is 2.60 bits per heavy atom. The second kappa shape index (κ2) is 3.79. The highest BCUT2D eigenvalue weighted by atomic mass is 79.9. The van der Waals surface area contributed by atoms with Crippen LogP contribution in [0.15, 0.2) is 19.6 Å². The third kappa shape index (κ3) is 2.01. The molecule has 0 N–H and O–H groups in total. The Bertz CT molecular complexity index is 202. The summed E-state index contributed by atoms with van der Waals surface area (Å²) in [6.45, 7) is 0. The van der Waals surface area contributed by atoms with E-state index in [1.54, 1.807) is 0 Å². The van der Waals surface area contributed by atoms with Crippen LogP contribution in [0.3, 0.4) is 0 Å². The Morgan fingerprint density at radius 2 is 2.20 bits per heavy atom. The van der Waals surface area contributed by atoms with E-state index in [0.29, 0.717) is 5.88 Å². The Balaban J connectivity index is 2.77. The summed E-state index contributed by atoms with van der Waals surface area (Å²) < 4.78 is 6.91. The second-order valence-corrected chi connectivity index (χ2v) is 3.73. The lowest BCUT2D eigenvalue weighted by molar-refractivity contribution is 0.493. The average Bonchev–Trinajstić information content (AvgIpc) is 2.14. The van der Waals surface area contributed by atoms with E-state index in [0.717, 1.165) is 21.3 Å². The molecule has 0 spiro atoms. The molecule has 0 fully saturated rings. The predicted octanol–water partition coefficient (Wildman–Crippen LogP) is 3.59. The van der Waals surface area contributed by atoms with Crippen molar-refractivity contribution in [2.75, 3.05) is 5.88 Å². The minimum absolute atomic E-state index is 0.590. The molecule has 1 aromatic heterocycles. The van der Waals surface area contributed by atoms with Gasteiger partial charge in [0.05, 0.1) is 4.47 Å². The summed E-state index contributed by atoms with van der Waals surface area (Å²) >= 11 is 12.0. The van der Waals surface area contributed by atoms with Gasteiger partial charge in [-0.1, -0.05) is 0 Å². The van der Waals surface area contributed by atoms with Crippen LogP contribution in [0.4, 0.5) is 0 Å². The lowest BCUT2D eigenvalue weighted by Gasteiger charge is -1.85. The summed E-state index contributed by atoms with van der Waals surface area (Å²) in [5.74, 6) is 1.49. The van der Waals surface area contributed by atoms with E-state index in [4.69, 9.17) is 16.0 Å². The second-order valence-electron chi connectivity index (χ2n) is 1.77. The van der Waals surface area contributed by atoms with Gasteiger partial charge in [0.25, 0.3) is 0 Å². The Hall–Kier alpha value is 0.530. The fourth-order valence-electron chi connectivity index (χ4n) is 0.608. The van der Waals surface area contributed by atoms with Gasteiger partial charge in [-0.3, -0.25) is 0 Å². The Kier molecular flexibility index (Phi) is 3.27. The van der Waals surface area contributed by atoms with Crippen molar-refractivity contribution in [3.8, 4) is 0 Å². The predicted molar refractivity (Wildman–Crippen MR) is 48.5 cm³/mol. The van der Waals surface area contributed by atoms with Gasteiger partial charge in [-0.15, -0.1) is 11.6 Å². The summed E-state index contributed by atoms with van der Waals surface area (Å²) in [5, 5.41) is 0. The zero-order valence-electron chi connectivity index (χ0n) is 5.03. The summed E-state index contributed by atoms with van der Waals surface area (Å²) in [6, 6.07) is 1.91. The molecule has 4 heteroatoms. The van der Waals surface area contributed by atoms with Crippen LogP contribution in [0.5, 0.6) is 0 Å². The van der Waals surface area contributed by atoms with Crippen molar-refractivity contribution in [1.29, 1.82) is 0 Å². The van der Waals surface area contributed by atoms with Gasteiger partial charge in [0.1, 0.15) is 5.76 Å². The van der Waals surface area contributed by atoms with E-state index in [1.165, 1.54) is 0 Å². The van der Waals surface area contributed by atoms with E-state index in [-0.39, 0.29) is 0 Å². The van der Waals surface area contributed by atoms with Crippen molar-refractivity contribution in [2.24, 2.45) is 0 Å². The quantitative estimate of drug-likeness (QED) is 0.758. The molecule has 0 aliphatic carbocycles. The zero-order chi connectivity index (χ0) is 7.56. The number of halogens is 3. The van der Waals surface area contributed by atoms with Crippen molar-refractivity contribution in [2.45, 2.75) is 6.42 Å². The van der Waals surface area contributed by atoms with Gasteiger partial charge in [-0.25, -0.2) is 0 Å². The molecule has 0 unspecified atom stereocenters. The number of hydrogen-bond donors (Lipinski definition) is 0. The average molecular weight is 288 g/mol. The standard InChI is InChI=1S/C6H5Br2ClO/c7-5-3-4(1-2-9)10-6(5)8/h3H,1-2H2. The van der Waals surface area contributed by atoms with E-state index < -0.39 is 0 Å². The Labute approximate surface area is 81.0 Å². The molecule has 0 aliphatic rings. The molecule has 1 aromatic rings. The first-order valence-corrected chi connectivity index (χ1v) is 4.85. The molecule has 1 heterocycles. The number of alkyl halides is 1. The van der Waals surface area contributed by atoms with E-state index in [2.05, 4.69) is 31.9 Å². The van der Waals surface area contributed by atoms with Crippen molar-refractivity contribution >= 4 is 43.5 Å². The lowest BCUT2D eigenvalue weighted by atomic mass is 10.4. The van der Waals surface area contributed by atoms with Crippen LogP contribution in [0.25, 0.3) is 0 Å². The molecule has 56 valence electrons. The van der Waals surface area contributed by atoms with Gasteiger partial charge in [0, 0.05) is 12.3 Å². The molecule has 0 saturated carbocycles. The van der Waals surface area contributed by atoms with Crippen LogP contribution in [-0.2, 0) is 6.42 Å². The SMILES string of the molecule is ClCCc1cc(Br)c(Br)o1. The molecule has 0 saturated heterocycles. The molecule has 0 atom stereocenters.